The molecule has 1 aliphatic carbocycles. The minimum absolute atomic E-state index is 0.504. The molecule has 1 aliphatic heterocycles. The van der Waals surface area contributed by atoms with Crippen LogP contribution >= 0.6 is 0 Å². The highest BCUT2D eigenvalue weighted by Gasteiger charge is 2.20. The Morgan fingerprint density at radius 1 is 0.710 bits per heavy atom. The Kier molecular flexibility index (Phi) is 13.0. The number of aliphatic imine (C=N–C) groups is 1. The molecule has 8 rings (SSSR count). The first-order valence-electron chi connectivity index (χ1n) is 22.6. The van der Waals surface area contributed by atoms with Gasteiger partial charge in [-0.15, -0.1) is 0 Å². The number of hydrogen-bond acceptors (Lipinski definition) is 2. The molecule has 0 saturated heterocycles. The van der Waals surface area contributed by atoms with Crippen LogP contribution in [-0.2, 0) is 12.8 Å². The minimum Gasteiger partial charge on any atom is -0.397 e. The minimum atomic E-state index is 0.504. The SMILES string of the molecule is C=C(/C=C\c1ccc(/C=C\C)c(C(C)CC)c1C)c1ccc(-c2ccc3c(/C=C\Cc4ccc(C/C=C\C5=C(N)C6=C(CCC=N6)CC5)cc4)c(C)c4ccccc4c3c2)cc1. The predicted octanol–water partition coefficient (Wildman–Crippen LogP) is 16.0. The lowest BCUT2D eigenvalue weighted by Crippen LogP contribution is -2.13. The van der Waals surface area contributed by atoms with E-state index < -0.39 is 0 Å². The standard InChI is InChI=1S/C60H60N2/c1-7-14-49-33-30-47(42(5)58(49)40(3)8-2)27-22-41(4)46-28-31-48(32-29-46)52-36-37-56-54(43(6)53-19-9-10-20-55(53)57(56)39-52)21-12-16-45-25-23-44(24-26-45)15-11-17-50-34-35-51-18-13-38-62-60(51)59(50)61/h7,9-12,14,17,19-33,36-40H,4,8,13,15-16,18,34-35,61H2,1-3,5-6H3/b14-7-,17-11-,21-12-,27-22-. The molecule has 62 heavy (non-hydrogen) atoms. The highest BCUT2D eigenvalue weighted by Crippen LogP contribution is 2.37. The van der Waals surface area contributed by atoms with E-state index in [1.54, 1.807) is 0 Å². The number of fused-ring (bicyclic) bond motifs is 3. The van der Waals surface area contributed by atoms with Crippen LogP contribution in [0, 0.1) is 13.8 Å². The molecule has 1 atom stereocenters. The second kappa shape index (κ2) is 19.0. The highest BCUT2D eigenvalue weighted by molar-refractivity contribution is 6.13. The molecule has 0 aromatic heterocycles. The molecule has 0 radical (unpaired) electrons. The van der Waals surface area contributed by atoms with E-state index in [4.69, 9.17) is 5.73 Å². The lowest BCUT2D eigenvalue weighted by molar-refractivity contribution is 0.726. The van der Waals surface area contributed by atoms with Gasteiger partial charge in [0.15, 0.2) is 0 Å². The number of hydrogen-bond donors (Lipinski definition) is 1. The lowest BCUT2D eigenvalue weighted by Gasteiger charge is -2.22. The van der Waals surface area contributed by atoms with Crippen molar-refractivity contribution in [3.05, 3.63) is 213 Å². The van der Waals surface area contributed by atoms with E-state index in [0.717, 1.165) is 67.5 Å². The van der Waals surface area contributed by atoms with Gasteiger partial charge in [0.1, 0.15) is 0 Å². The Bertz CT molecular complexity index is 2870. The molecule has 0 spiro atoms. The van der Waals surface area contributed by atoms with Crippen molar-refractivity contribution in [3.63, 3.8) is 0 Å². The molecule has 310 valence electrons. The number of nitrogens with two attached hydrogens (primary N) is 1. The Hall–Kier alpha value is -6.51. The van der Waals surface area contributed by atoms with Crippen LogP contribution in [0.3, 0.4) is 0 Å². The molecule has 1 unspecified atom stereocenters. The third kappa shape index (κ3) is 8.93. The van der Waals surface area contributed by atoms with E-state index >= 15 is 0 Å². The molecule has 6 aromatic carbocycles. The van der Waals surface area contributed by atoms with Crippen LogP contribution in [0.1, 0.15) is 109 Å². The van der Waals surface area contributed by atoms with Crippen LogP contribution in [-0.4, -0.2) is 6.21 Å². The fourth-order valence-corrected chi connectivity index (χ4v) is 9.40. The summed E-state index contributed by atoms with van der Waals surface area (Å²) in [7, 11) is 0. The first kappa shape index (κ1) is 42.2. The molecule has 0 amide bonds. The van der Waals surface area contributed by atoms with Crippen molar-refractivity contribution >= 4 is 51.6 Å². The maximum absolute atomic E-state index is 6.52. The molecule has 0 fully saturated rings. The Morgan fingerprint density at radius 2 is 1.40 bits per heavy atom. The van der Waals surface area contributed by atoms with Gasteiger partial charge in [0.05, 0.1) is 11.4 Å². The molecule has 2 heteroatoms. The molecule has 2 nitrogen and oxygen atoms in total. The number of aryl methyl sites for hydroxylation is 1. The van der Waals surface area contributed by atoms with Crippen LogP contribution < -0.4 is 5.73 Å². The molecule has 0 saturated carbocycles. The van der Waals surface area contributed by atoms with Gasteiger partial charge in [-0.1, -0.05) is 166 Å². The summed E-state index contributed by atoms with van der Waals surface area (Å²) in [6.07, 6.45) is 26.9. The molecule has 6 aromatic rings. The fraction of sp³-hybridized carbons (Fsp3) is 0.217. The van der Waals surface area contributed by atoms with Gasteiger partial charge in [-0.25, -0.2) is 0 Å². The van der Waals surface area contributed by atoms with Crippen molar-refractivity contribution in [3.8, 4) is 11.1 Å². The Labute approximate surface area is 370 Å². The average Bonchev–Trinajstić information content (AvgIpc) is 3.31. The van der Waals surface area contributed by atoms with Gasteiger partial charge >= 0.3 is 0 Å². The summed E-state index contributed by atoms with van der Waals surface area (Å²) in [4.78, 5) is 4.61. The van der Waals surface area contributed by atoms with Crippen LogP contribution in [0.25, 0.3) is 56.5 Å². The topological polar surface area (TPSA) is 38.4 Å². The molecule has 0 bridgehead atoms. The third-order valence-electron chi connectivity index (χ3n) is 13.2. The fourth-order valence-electron chi connectivity index (χ4n) is 9.40. The van der Waals surface area contributed by atoms with Crippen LogP contribution in [0.5, 0.6) is 0 Å². The van der Waals surface area contributed by atoms with Gasteiger partial charge < -0.3 is 5.73 Å². The lowest BCUT2D eigenvalue weighted by atomic mass is 9.86. The number of nitrogens with zero attached hydrogens (tertiary/aromatic N) is 1. The molecule has 2 N–H and O–H groups in total. The summed E-state index contributed by atoms with van der Waals surface area (Å²) in [5.74, 6) is 0.504. The van der Waals surface area contributed by atoms with Crippen molar-refractivity contribution in [2.75, 3.05) is 0 Å². The van der Waals surface area contributed by atoms with E-state index in [-0.39, 0.29) is 0 Å². The van der Waals surface area contributed by atoms with Gasteiger partial charge in [-0.05, 0) is 177 Å². The molecule has 2 aliphatic rings. The van der Waals surface area contributed by atoms with Crippen molar-refractivity contribution < 1.29 is 0 Å². The summed E-state index contributed by atoms with van der Waals surface area (Å²) >= 11 is 0. The van der Waals surface area contributed by atoms with Crippen LogP contribution in [0.2, 0.25) is 0 Å². The van der Waals surface area contributed by atoms with E-state index in [1.807, 2.05) is 6.21 Å². The summed E-state index contributed by atoms with van der Waals surface area (Å²) < 4.78 is 0. The van der Waals surface area contributed by atoms with Gasteiger partial charge in [0, 0.05) is 6.21 Å². The van der Waals surface area contributed by atoms with Crippen molar-refractivity contribution in [2.24, 2.45) is 10.7 Å². The maximum Gasteiger partial charge on any atom is 0.0850 e. The summed E-state index contributed by atoms with van der Waals surface area (Å²) in [5.41, 5.74) is 26.1. The van der Waals surface area contributed by atoms with Crippen LogP contribution in [0.15, 0.2) is 168 Å². The van der Waals surface area contributed by atoms with E-state index in [1.165, 1.54) is 88.3 Å². The normalized spacial score (nSPS) is 15.0. The summed E-state index contributed by atoms with van der Waals surface area (Å²) in [6.45, 7) is 15.7. The van der Waals surface area contributed by atoms with Gasteiger partial charge in [0.2, 0.25) is 0 Å². The second-order valence-corrected chi connectivity index (χ2v) is 17.1. The summed E-state index contributed by atoms with van der Waals surface area (Å²) in [6, 6.07) is 38.2. The summed E-state index contributed by atoms with van der Waals surface area (Å²) in [5, 5.41) is 5.14. The molecule has 1 heterocycles. The zero-order valence-electron chi connectivity index (χ0n) is 37.3. The number of benzene rings is 6. The van der Waals surface area contributed by atoms with E-state index in [0.29, 0.717) is 5.92 Å². The maximum atomic E-state index is 6.52. The zero-order valence-corrected chi connectivity index (χ0v) is 37.3. The molecular weight excluding hydrogens is 749 g/mol. The Balaban J connectivity index is 0.973. The zero-order chi connectivity index (χ0) is 43.2. The first-order valence-corrected chi connectivity index (χ1v) is 22.6. The first-order chi connectivity index (χ1) is 30.2. The third-order valence-corrected chi connectivity index (χ3v) is 13.2. The Morgan fingerprint density at radius 3 is 2.13 bits per heavy atom. The largest absolute Gasteiger partial charge is 0.397 e. The van der Waals surface area contributed by atoms with Crippen LogP contribution in [0.4, 0.5) is 0 Å². The number of rotatable bonds is 13. The predicted molar refractivity (Wildman–Crippen MR) is 272 cm³/mol. The van der Waals surface area contributed by atoms with Gasteiger partial charge in [-0.2, -0.15) is 0 Å². The quantitative estimate of drug-likeness (QED) is 0.0916. The van der Waals surface area contributed by atoms with Crippen molar-refractivity contribution in [2.45, 2.75) is 85.5 Å². The smallest absolute Gasteiger partial charge is 0.0850 e. The average molecular weight is 809 g/mol. The monoisotopic (exact) mass is 808 g/mol. The highest BCUT2D eigenvalue weighted by atomic mass is 14.8. The van der Waals surface area contributed by atoms with Crippen molar-refractivity contribution in [1.82, 2.24) is 0 Å². The van der Waals surface area contributed by atoms with Gasteiger partial charge in [0.25, 0.3) is 0 Å². The van der Waals surface area contributed by atoms with Gasteiger partial charge in [-0.3, -0.25) is 4.99 Å². The van der Waals surface area contributed by atoms with E-state index in [9.17, 15) is 0 Å². The van der Waals surface area contributed by atoms with E-state index in [2.05, 4.69) is 198 Å². The molecular formula is C60H60N2. The number of allylic oxidation sites excluding steroid dienone is 8. The second-order valence-electron chi connectivity index (χ2n) is 17.1. The van der Waals surface area contributed by atoms with Crippen molar-refractivity contribution in [1.29, 1.82) is 0 Å².